The van der Waals surface area contributed by atoms with E-state index in [1.807, 2.05) is 13.1 Å². The topological polar surface area (TPSA) is 53.6 Å². The lowest BCUT2D eigenvalue weighted by Gasteiger charge is -2.01. The number of aromatic amines is 1. The molecule has 5 heteroatoms. The minimum absolute atomic E-state index is 0.823. The summed E-state index contributed by atoms with van der Waals surface area (Å²) in [4.78, 5) is 11.7. The van der Waals surface area contributed by atoms with E-state index in [1.165, 1.54) is 17.8 Å². The van der Waals surface area contributed by atoms with E-state index in [-0.39, 0.29) is 0 Å². The fourth-order valence-corrected chi connectivity index (χ4v) is 2.46. The van der Waals surface area contributed by atoms with Crippen LogP contribution in [0.25, 0.3) is 0 Å². The van der Waals surface area contributed by atoms with Gasteiger partial charge in [-0.2, -0.15) is 0 Å². The minimum Gasteiger partial charge on any atom is -0.348 e. The van der Waals surface area contributed by atoms with Gasteiger partial charge in [0, 0.05) is 23.5 Å². The highest BCUT2D eigenvalue weighted by Crippen LogP contribution is 2.11. The normalized spacial score (nSPS) is 10.9. The maximum absolute atomic E-state index is 4.45. The van der Waals surface area contributed by atoms with E-state index in [4.69, 9.17) is 0 Å². The summed E-state index contributed by atoms with van der Waals surface area (Å²) in [5.41, 5.74) is 1.14. The molecule has 0 bridgehead atoms. The van der Waals surface area contributed by atoms with Crippen molar-refractivity contribution in [3.05, 3.63) is 34.3 Å². The van der Waals surface area contributed by atoms with E-state index < -0.39 is 0 Å². The van der Waals surface area contributed by atoms with Crippen LogP contribution in [-0.2, 0) is 13.0 Å². The zero-order chi connectivity index (χ0) is 11.9. The number of imidazole rings is 1. The summed E-state index contributed by atoms with van der Waals surface area (Å²) in [6.45, 7) is 3.90. The molecule has 0 aromatic carbocycles. The number of nitrogens with zero attached hydrogens (tertiary/aromatic N) is 2. The number of hydrogen-bond acceptors (Lipinski definition) is 4. The lowest BCUT2D eigenvalue weighted by molar-refractivity contribution is 0.610. The summed E-state index contributed by atoms with van der Waals surface area (Å²) in [7, 11) is 0. The SMILES string of the molecule is Cc1csc(CCCCNCc2ncc[nH]2)n1. The van der Waals surface area contributed by atoms with Crippen LogP contribution in [0.5, 0.6) is 0 Å². The fourth-order valence-electron chi connectivity index (χ4n) is 1.65. The third kappa shape index (κ3) is 4.28. The molecule has 2 heterocycles. The number of aromatic nitrogens is 3. The molecular formula is C12H18N4S. The molecule has 0 saturated carbocycles. The van der Waals surface area contributed by atoms with Crippen molar-refractivity contribution in [3.63, 3.8) is 0 Å². The molecule has 17 heavy (non-hydrogen) atoms. The first-order valence-electron chi connectivity index (χ1n) is 5.94. The van der Waals surface area contributed by atoms with E-state index in [2.05, 4.69) is 25.6 Å². The van der Waals surface area contributed by atoms with Crippen molar-refractivity contribution in [2.24, 2.45) is 0 Å². The monoisotopic (exact) mass is 250 g/mol. The Hall–Kier alpha value is -1.20. The van der Waals surface area contributed by atoms with Crippen LogP contribution in [0.2, 0.25) is 0 Å². The number of hydrogen-bond donors (Lipinski definition) is 2. The molecule has 2 N–H and O–H groups in total. The number of nitrogens with one attached hydrogen (secondary N) is 2. The van der Waals surface area contributed by atoms with Gasteiger partial charge in [0.15, 0.2) is 0 Å². The molecule has 0 unspecified atom stereocenters. The fraction of sp³-hybridized carbons (Fsp3) is 0.500. The summed E-state index contributed by atoms with van der Waals surface area (Å²) in [5.74, 6) is 1.00. The average Bonchev–Trinajstić information content (AvgIpc) is 2.95. The Labute approximate surface area is 106 Å². The molecule has 2 aromatic rings. The Bertz CT molecular complexity index is 421. The van der Waals surface area contributed by atoms with E-state index in [0.29, 0.717) is 0 Å². The number of unbranched alkanes of at least 4 members (excludes halogenated alkanes) is 1. The second kappa shape index (κ2) is 6.51. The lowest BCUT2D eigenvalue weighted by Crippen LogP contribution is -2.15. The van der Waals surface area contributed by atoms with Gasteiger partial charge in [0.2, 0.25) is 0 Å². The molecule has 0 aliphatic carbocycles. The molecule has 0 radical (unpaired) electrons. The van der Waals surface area contributed by atoms with Crippen molar-refractivity contribution < 1.29 is 0 Å². The predicted molar refractivity (Wildman–Crippen MR) is 70.1 cm³/mol. The maximum Gasteiger partial charge on any atom is 0.120 e. The first-order valence-corrected chi connectivity index (χ1v) is 6.82. The van der Waals surface area contributed by atoms with Gasteiger partial charge in [0.25, 0.3) is 0 Å². The third-order valence-corrected chi connectivity index (χ3v) is 3.53. The van der Waals surface area contributed by atoms with Crippen molar-refractivity contribution in [2.75, 3.05) is 6.54 Å². The van der Waals surface area contributed by atoms with Gasteiger partial charge in [-0.3, -0.25) is 0 Å². The summed E-state index contributed by atoms with van der Waals surface area (Å²) in [6, 6.07) is 0. The zero-order valence-electron chi connectivity index (χ0n) is 10.1. The third-order valence-electron chi connectivity index (χ3n) is 2.51. The summed E-state index contributed by atoms with van der Waals surface area (Å²) >= 11 is 1.76. The molecular weight excluding hydrogens is 232 g/mol. The highest BCUT2D eigenvalue weighted by atomic mass is 32.1. The van der Waals surface area contributed by atoms with Gasteiger partial charge in [-0.05, 0) is 32.7 Å². The summed E-state index contributed by atoms with van der Waals surface area (Å²) < 4.78 is 0. The van der Waals surface area contributed by atoms with Crippen LogP contribution in [0.4, 0.5) is 0 Å². The second-order valence-electron chi connectivity index (χ2n) is 4.05. The quantitative estimate of drug-likeness (QED) is 0.741. The van der Waals surface area contributed by atoms with Crippen molar-refractivity contribution in [1.82, 2.24) is 20.3 Å². The molecule has 0 aliphatic heterocycles. The van der Waals surface area contributed by atoms with Gasteiger partial charge in [0.05, 0.1) is 11.6 Å². The lowest BCUT2D eigenvalue weighted by atomic mass is 10.2. The van der Waals surface area contributed by atoms with E-state index in [1.54, 1.807) is 17.5 Å². The molecule has 2 rings (SSSR count). The van der Waals surface area contributed by atoms with E-state index >= 15 is 0 Å². The van der Waals surface area contributed by atoms with Crippen molar-refractivity contribution in [2.45, 2.75) is 32.7 Å². The van der Waals surface area contributed by atoms with Crippen molar-refractivity contribution in [3.8, 4) is 0 Å². The molecule has 92 valence electrons. The standard InChI is InChI=1S/C12H18N4S/c1-10-9-17-12(16-10)4-2-3-5-13-8-11-14-6-7-15-11/h6-7,9,13H,2-5,8H2,1H3,(H,14,15). The summed E-state index contributed by atoms with van der Waals surface area (Å²) in [6.07, 6.45) is 7.10. The molecule has 0 aliphatic rings. The van der Waals surface area contributed by atoms with E-state index in [0.717, 1.165) is 31.0 Å². The molecule has 4 nitrogen and oxygen atoms in total. The largest absolute Gasteiger partial charge is 0.348 e. The smallest absolute Gasteiger partial charge is 0.120 e. The molecule has 0 amide bonds. The Kier molecular flexibility index (Phi) is 4.70. The molecule has 2 aromatic heterocycles. The highest BCUT2D eigenvalue weighted by Gasteiger charge is 1.98. The van der Waals surface area contributed by atoms with E-state index in [9.17, 15) is 0 Å². The van der Waals surface area contributed by atoms with Gasteiger partial charge < -0.3 is 10.3 Å². The number of thiazole rings is 1. The molecule has 0 spiro atoms. The van der Waals surface area contributed by atoms with Crippen LogP contribution in [0.15, 0.2) is 17.8 Å². The van der Waals surface area contributed by atoms with Crippen LogP contribution in [0.3, 0.4) is 0 Å². The van der Waals surface area contributed by atoms with Gasteiger partial charge >= 0.3 is 0 Å². The highest BCUT2D eigenvalue weighted by molar-refractivity contribution is 7.09. The number of H-pyrrole nitrogens is 1. The Morgan fingerprint density at radius 1 is 1.41 bits per heavy atom. The van der Waals surface area contributed by atoms with Gasteiger partial charge in [-0.15, -0.1) is 11.3 Å². The van der Waals surface area contributed by atoms with Gasteiger partial charge in [-0.25, -0.2) is 9.97 Å². The van der Waals surface area contributed by atoms with Gasteiger partial charge in [0.1, 0.15) is 5.82 Å². The number of aryl methyl sites for hydroxylation is 2. The first kappa shape index (κ1) is 12.3. The second-order valence-corrected chi connectivity index (χ2v) is 5.00. The van der Waals surface area contributed by atoms with Crippen molar-refractivity contribution >= 4 is 11.3 Å². The Morgan fingerprint density at radius 3 is 3.06 bits per heavy atom. The molecule has 0 fully saturated rings. The van der Waals surface area contributed by atoms with Crippen LogP contribution >= 0.6 is 11.3 Å². The minimum atomic E-state index is 0.823. The molecule has 0 atom stereocenters. The van der Waals surface area contributed by atoms with Gasteiger partial charge in [-0.1, -0.05) is 0 Å². The van der Waals surface area contributed by atoms with Crippen LogP contribution in [0, 0.1) is 6.92 Å². The van der Waals surface area contributed by atoms with Crippen LogP contribution < -0.4 is 5.32 Å². The average molecular weight is 250 g/mol. The predicted octanol–water partition coefficient (Wildman–Crippen LogP) is 2.29. The summed E-state index contributed by atoms with van der Waals surface area (Å²) in [5, 5.41) is 6.74. The first-order chi connectivity index (χ1) is 8.34. The number of rotatable bonds is 7. The maximum atomic E-state index is 4.45. The van der Waals surface area contributed by atoms with Crippen LogP contribution in [0.1, 0.15) is 29.4 Å². The van der Waals surface area contributed by atoms with Crippen LogP contribution in [-0.4, -0.2) is 21.5 Å². The Morgan fingerprint density at radius 2 is 2.35 bits per heavy atom. The van der Waals surface area contributed by atoms with Crippen molar-refractivity contribution in [1.29, 1.82) is 0 Å². The molecule has 0 saturated heterocycles. The zero-order valence-corrected chi connectivity index (χ0v) is 10.9. The Balaban J connectivity index is 1.52.